The lowest BCUT2D eigenvalue weighted by atomic mass is 10.0. The maximum Gasteiger partial charge on any atom is 0.400 e. The molecule has 4 aromatic rings. The highest BCUT2D eigenvalue weighted by Gasteiger charge is 2.66. The van der Waals surface area contributed by atoms with Gasteiger partial charge in [-0.25, -0.2) is 18.5 Å². The lowest BCUT2D eigenvalue weighted by Crippen LogP contribution is -2.30. The number of aromatic nitrogens is 4. The SMILES string of the molecule is NC(=O)c1c(-c2ccc(NC(=O)Nc3cc(C4(C(F)(F)F)CC4)nn3-c3ccccc3)c(F)c2)nn2c1NCCC21CC1. The number of para-hydroxylation sites is 1. The molecular formula is C29H26F4N8O2. The van der Waals surface area contributed by atoms with Crippen LogP contribution < -0.4 is 21.7 Å². The lowest BCUT2D eigenvalue weighted by Gasteiger charge is -2.25. The van der Waals surface area contributed by atoms with Crippen molar-refractivity contribution in [2.24, 2.45) is 5.73 Å². The van der Waals surface area contributed by atoms with Crippen molar-refractivity contribution < 1.29 is 27.2 Å². The summed E-state index contributed by atoms with van der Waals surface area (Å²) in [6, 6.07) is 12.7. The van der Waals surface area contributed by atoms with Gasteiger partial charge in [-0.05, 0) is 56.4 Å². The van der Waals surface area contributed by atoms with Gasteiger partial charge in [0.1, 0.15) is 34.1 Å². The smallest absolute Gasteiger partial charge is 0.369 e. The van der Waals surface area contributed by atoms with Crippen LogP contribution in [0, 0.1) is 5.82 Å². The zero-order chi connectivity index (χ0) is 30.1. The van der Waals surface area contributed by atoms with Gasteiger partial charge in [-0.2, -0.15) is 23.4 Å². The molecule has 43 heavy (non-hydrogen) atoms. The molecule has 3 aliphatic rings. The van der Waals surface area contributed by atoms with E-state index in [9.17, 15) is 22.8 Å². The fraction of sp³-hybridized carbons (Fsp3) is 0.310. The van der Waals surface area contributed by atoms with Gasteiger partial charge < -0.3 is 16.4 Å². The number of benzene rings is 2. The molecule has 0 unspecified atom stereocenters. The largest absolute Gasteiger partial charge is 0.400 e. The number of carbonyl (C=O) groups is 2. The van der Waals surface area contributed by atoms with Crippen LogP contribution in [0.2, 0.25) is 0 Å². The number of hydrogen-bond acceptors (Lipinski definition) is 5. The second-order valence-corrected chi connectivity index (χ2v) is 11.3. The van der Waals surface area contributed by atoms with E-state index in [-0.39, 0.29) is 46.8 Å². The van der Waals surface area contributed by atoms with E-state index in [1.807, 2.05) is 0 Å². The molecule has 10 nitrogen and oxygen atoms in total. The van der Waals surface area contributed by atoms with E-state index in [0.717, 1.165) is 25.3 Å². The molecular weight excluding hydrogens is 568 g/mol. The molecule has 1 aliphatic heterocycles. The maximum atomic E-state index is 15.3. The summed E-state index contributed by atoms with van der Waals surface area (Å²) in [4.78, 5) is 25.3. The third-order valence-electron chi connectivity index (χ3n) is 8.52. The number of primary amides is 1. The number of halogens is 4. The standard InChI is InChI=1S/C29H26F4N8O2/c30-18-14-16(23-22(24(34)42)25-35-13-12-27(8-9-27)41(25)39-23)6-7-19(18)36-26(43)37-21-15-20(28(10-11-28)29(31,32)33)38-40(21)17-4-2-1-3-5-17/h1-7,14-15,35H,8-13H2,(H2,34,42)(H2,36,37,43). The van der Waals surface area contributed by atoms with Gasteiger partial charge in [0.15, 0.2) is 0 Å². The van der Waals surface area contributed by atoms with Crippen molar-refractivity contribution in [1.82, 2.24) is 19.6 Å². The van der Waals surface area contributed by atoms with Gasteiger partial charge in [-0.1, -0.05) is 24.3 Å². The van der Waals surface area contributed by atoms with E-state index >= 15 is 4.39 Å². The number of hydrogen-bond donors (Lipinski definition) is 4. The molecule has 222 valence electrons. The zero-order valence-corrected chi connectivity index (χ0v) is 22.6. The number of nitrogens with two attached hydrogens (primary N) is 1. The Labute approximate surface area is 242 Å². The monoisotopic (exact) mass is 594 g/mol. The van der Waals surface area contributed by atoms with Gasteiger partial charge in [0.25, 0.3) is 5.91 Å². The van der Waals surface area contributed by atoms with Crippen LogP contribution in [0.5, 0.6) is 0 Å². The van der Waals surface area contributed by atoms with Crippen molar-refractivity contribution >= 4 is 29.3 Å². The van der Waals surface area contributed by atoms with Crippen LogP contribution in [0.25, 0.3) is 16.9 Å². The Kier molecular flexibility index (Phi) is 5.84. The average molecular weight is 595 g/mol. The Balaban J connectivity index is 1.16. The third kappa shape index (κ3) is 4.39. The first kappa shape index (κ1) is 27.0. The first-order valence-corrected chi connectivity index (χ1v) is 13.8. The molecule has 5 N–H and O–H groups in total. The average Bonchev–Trinajstić information content (AvgIpc) is 3.86. The van der Waals surface area contributed by atoms with Crippen LogP contribution in [0.4, 0.5) is 39.7 Å². The van der Waals surface area contributed by atoms with Crippen molar-refractivity contribution in [2.75, 3.05) is 22.5 Å². The molecule has 2 aliphatic carbocycles. The summed E-state index contributed by atoms with van der Waals surface area (Å²) >= 11 is 0. The Morgan fingerprint density at radius 2 is 1.70 bits per heavy atom. The highest BCUT2D eigenvalue weighted by atomic mass is 19.4. The normalized spacial score (nSPS) is 17.6. The number of alkyl halides is 3. The van der Waals surface area contributed by atoms with Crippen LogP contribution in [0.1, 0.15) is 48.2 Å². The Morgan fingerprint density at radius 3 is 2.33 bits per heavy atom. The fourth-order valence-electron chi connectivity index (χ4n) is 5.80. The number of anilines is 3. The molecule has 2 aromatic carbocycles. The van der Waals surface area contributed by atoms with E-state index in [1.165, 1.54) is 22.9 Å². The predicted octanol–water partition coefficient (Wildman–Crippen LogP) is 5.52. The molecule has 2 aromatic heterocycles. The molecule has 0 atom stereocenters. The van der Waals surface area contributed by atoms with Crippen molar-refractivity contribution in [3.05, 3.63) is 71.7 Å². The maximum absolute atomic E-state index is 15.3. The Hall–Kier alpha value is -4.88. The van der Waals surface area contributed by atoms with E-state index in [0.29, 0.717) is 23.6 Å². The summed E-state index contributed by atoms with van der Waals surface area (Å²) in [5, 5.41) is 16.9. The van der Waals surface area contributed by atoms with Crippen molar-refractivity contribution in [3.8, 4) is 16.9 Å². The summed E-state index contributed by atoms with van der Waals surface area (Å²) in [6.07, 6.45) is -1.98. The number of carbonyl (C=O) groups excluding carboxylic acids is 2. The molecule has 14 heteroatoms. The number of rotatable bonds is 6. The van der Waals surface area contributed by atoms with Gasteiger partial charge in [-0.3, -0.25) is 10.1 Å². The molecule has 3 amide bonds. The Bertz CT molecular complexity index is 1770. The number of amides is 3. The summed E-state index contributed by atoms with van der Waals surface area (Å²) < 4.78 is 59.8. The van der Waals surface area contributed by atoms with Gasteiger partial charge in [-0.15, -0.1) is 0 Å². The second-order valence-electron chi connectivity index (χ2n) is 11.3. The second kappa shape index (κ2) is 9.31. The predicted molar refractivity (Wildman–Crippen MR) is 150 cm³/mol. The molecule has 7 rings (SSSR count). The highest BCUT2D eigenvalue weighted by molar-refractivity contribution is 6.04. The molecule has 1 spiro atoms. The van der Waals surface area contributed by atoms with Crippen LogP contribution in [-0.4, -0.2) is 44.2 Å². The number of urea groups is 1. The number of nitrogens with one attached hydrogen (secondary N) is 3. The summed E-state index contributed by atoms with van der Waals surface area (Å²) in [6.45, 7) is 0.666. The zero-order valence-electron chi connectivity index (χ0n) is 22.6. The molecule has 0 saturated heterocycles. The molecule has 0 radical (unpaired) electrons. The minimum Gasteiger partial charge on any atom is -0.369 e. The topological polar surface area (TPSA) is 132 Å². The Morgan fingerprint density at radius 1 is 0.953 bits per heavy atom. The van der Waals surface area contributed by atoms with E-state index in [4.69, 9.17) is 5.73 Å². The lowest BCUT2D eigenvalue weighted by molar-refractivity contribution is -0.161. The minimum atomic E-state index is -4.49. The van der Waals surface area contributed by atoms with Crippen LogP contribution in [0.15, 0.2) is 54.6 Å². The highest BCUT2D eigenvalue weighted by Crippen LogP contribution is 2.59. The summed E-state index contributed by atoms with van der Waals surface area (Å²) in [7, 11) is 0. The molecule has 2 saturated carbocycles. The van der Waals surface area contributed by atoms with Crippen LogP contribution in [-0.2, 0) is 11.0 Å². The number of nitrogens with zero attached hydrogens (tertiary/aromatic N) is 4. The van der Waals surface area contributed by atoms with Crippen molar-refractivity contribution in [3.63, 3.8) is 0 Å². The van der Waals surface area contributed by atoms with Gasteiger partial charge in [0.05, 0.1) is 22.6 Å². The van der Waals surface area contributed by atoms with Crippen LogP contribution in [0.3, 0.4) is 0 Å². The first-order valence-electron chi connectivity index (χ1n) is 13.8. The molecule has 2 fully saturated rings. The van der Waals surface area contributed by atoms with Gasteiger partial charge in [0, 0.05) is 18.2 Å². The van der Waals surface area contributed by atoms with Crippen molar-refractivity contribution in [2.45, 2.75) is 49.2 Å². The summed E-state index contributed by atoms with van der Waals surface area (Å²) in [5.74, 6) is -1.01. The summed E-state index contributed by atoms with van der Waals surface area (Å²) in [5.41, 5.74) is 4.20. The molecule has 0 bridgehead atoms. The van der Waals surface area contributed by atoms with E-state index in [2.05, 4.69) is 26.1 Å². The third-order valence-corrected chi connectivity index (χ3v) is 8.52. The van der Waals surface area contributed by atoms with Gasteiger partial charge >= 0.3 is 12.2 Å². The van der Waals surface area contributed by atoms with E-state index in [1.54, 1.807) is 35.0 Å². The number of fused-ring (bicyclic) bond motifs is 2. The quantitative estimate of drug-likeness (QED) is 0.219. The van der Waals surface area contributed by atoms with Gasteiger partial charge in [0.2, 0.25) is 0 Å². The minimum absolute atomic E-state index is 0.0116. The van der Waals surface area contributed by atoms with Crippen molar-refractivity contribution in [1.29, 1.82) is 0 Å². The fourth-order valence-corrected chi connectivity index (χ4v) is 5.80. The first-order chi connectivity index (χ1) is 20.5. The van der Waals surface area contributed by atoms with E-state index < -0.39 is 29.3 Å². The molecule has 3 heterocycles. The van der Waals surface area contributed by atoms with Crippen LogP contribution >= 0.6 is 0 Å².